The second kappa shape index (κ2) is 12.6. The monoisotopic (exact) mass is 562 g/mol. The number of aryl methyl sites for hydroxylation is 1. The van der Waals surface area contributed by atoms with Crippen molar-refractivity contribution in [2.45, 2.75) is 19.2 Å². The van der Waals surface area contributed by atoms with Gasteiger partial charge in [-0.3, -0.25) is 9.79 Å². The first-order valence-electron chi connectivity index (χ1n) is 9.42. The van der Waals surface area contributed by atoms with Gasteiger partial charge in [0.1, 0.15) is 5.82 Å². The quantitative estimate of drug-likeness (QED) is 0.199. The van der Waals surface area contributed by atoms with E-state index in [1.807, 2.05) is 25.1 Å². The minimum atomic E-state index is -3.24. The van der Waals surface area contributed by atoms with Gasteiger partial charge in [-0.05, 0) is 42.3 Å². The van der Waals surface area contributed by atoms with Gasteiger partial charge < -0.3 is 16.0 Å². The van der Waals surface area contributed by atoms with Crippen molar-refractivity contribution >= 4 is 45.7 Å². The molecule has 0 aliphatic carbocycles. The number of aliphatic imine (C=N–C) groups is 1. The SMILES string of the molecule is CN=C(NCCNC(=O)c1cccc(C)c1)NCc1cc(F)ccc1CS(C)(=O)=O.I. The highest BCUT2D eigenvalue weighted by atomic mass is 127. The van der Waals surface area contributed by atoms with Crippen molar-refractivity contribution < 1.29 is 17.6 Å². The molecule has 10 heteroatoms. The van der Waals surface area contributed by atoms with Crippen molar-refractivity contribution in [1.29, 1.82) is 0 Å². The van der Waals surface area contributed by atoms with Gasteiger partial charge in [0.05, 0.1) is 5.75 Å². The maximum Gasteiger partial charge on any atom is 0.251 e. The number of sulfone groups is 1. The molecule has 0 fully saturated rings. The number of carbonyl (C=O) groups excluding carboxylic acids is 1. The summed E-state index contributed by atoms with van der Waals surface area (Å²) in [7, 11) is -1.66. The number of guanidine groups is 1. The van der Waals surface area contributed by atoms with Crippen molar-refractivity contribution in [2.75, 3.05) is 26.4 Å². The molecule has 0 radical (unpaired) electrons. The lowest BCUT2D eigenvalue weighted by atomic mass is 10.1. The Morgan fingerprint density at radius 3 is 2.39 bits per heavy atom. The van der Waals surface area contributed by atoms with Crippen molar-refractivity contribution in [3.63, 3.8) is 0 Å². The molecule has 0 spiro atoms. The average Bonchev–Trinajstić information content (AvgIpc) is 2.68. The molecule has 1 amide bonds. The van der Waals surface area contributed by atoms with Crippen molar-refractivity contribution in [3.8, 4) is 0 Å². The van der Waals surface area contributed by atoms with Gasteiger partial charge in [-0.15, -0.1) is 24.0 Å². The second-order valence-corrected chi connectivity index (χ2v) is 9.10. The van der Waals surface area contributed by atoms with E-state index in [-0.39, 0.29) is 42.2 Å². The summed E-state index contributed by atoms with van der Waals surface area (Å²) in [5, 5.41) is 8.90. The van der Waals surface area contributed by atoms with Crippen LogP contribution in [0.15, 0.2) is 47.5 Å². The summed E-state index contributed by atoms with van der Waals surface area (Å²) in [5.74, 6) is -0.310. The van der Waals surface area contributed by atoms with Gasteiger partial charge in [-0.1, -0.05) is 23.8 Å². The van der Waals surface area contributed by atoms with Gasteiger partial charge in [0.25, 0.3) is 5.91 Å². The molecule has 0 aromatic heterocycles. The van der Waals surface area contributed by atoms with Crippen LogP contribution in [0.1, 0.15) is 27.0 Å². The minimum absolute atomic E-state index is 0. The molecule has 3 N–H and O–H groups in total. The lowest BCUT2D eigenvalue weighted by Crippen LogP contribution is -2.41. The standard InChI is InChI=1S/C21H27FN4O3S.HI/c1-15-5-4-6-16(11-15)20(27)24-9-10-25-21(23-2)26-13-18-12-19(22)8-7-17(18)14-30(3,28)29;/h4-8,11-12H,9-10,13-14H2,1-3H3,(H,24,27)(H2,23,25,26);1H. The van der Waals surface area contributed by atoms with Crippen molar-refractivity contribution in [1.82, 2.24) is 16.0 Å². The number of benzene rings is 2. The first kappa shape index (κ1) is 26.8. The molecule has 0 aliphatic heterocycles. The van der Waals surface area contributed by atoms with Crippen LogP contribution in [0.3, 0.4) is 0 Å². The molecule has 0 bridgehead atoms. The van der Waals surface area contributed by atoms with Crippen LogP contribution in [-0.4, -0.2) is 46.7 Å². The fourth-order valence-electron chi connectivity index (χ4n) is 2.83. The van der Waals surface area contributed by atoms with Crippen LogP contribution in [0.2, 0.25) is 0 Å². The molecule has 7 nitrogen and oxygen atoms in total. The van der Waals surface area contributed by atoms with E-state index >= 15 is 0 Å². The summed E-state index contributed by atoms with van der Waals surface area (Å²) in [4.78, 5) is 16.2. The highest BCUT2D eigenvalue weighted by Gasteiger charge is 2.11. The molecule has 0 saturated carbocycles. The van der Waals surface area contributed by atoms with E-state index < -0.39 is 15.7 Å². The third-order valence-electron chi connectivity index (χ3n) is 4.24. The van der Waals surface area contributed by atoms with Crippen LogP contribution in [0.4, 0.5) is 4.39 Å². The Bertz CT molecular complexity index is 1030. The first-order chi connectivity index (χ1) is 14.2. The van der Waals surface area contributed by atoms with Crippen molar-refractivity contribution in [2.24, 2.45) is 4.99 Å². The van der Waals surface area contributed by atoms with E-state index in [0.29, 0.717) is 35.7 Å². The number of hydrogen-bond donors (Lipinski definition) is 3. The van der Waals surface area contributed by atoms with E-state index in [4.69, 9.17) is 0 Å². The van der Waals surface area contributed by atoms with Crippen LogP contribution in [-0.2, 0) is 22.1 Å². The zero-order valence-electron chi connectivity index (χ0n) is 17.7. The molecule has 0 saturated heterocycles. The van der Waals surface area contributed by atoms with Gasteiger partial charge in [0.15, 0.2) is 15.8 Å². The van der Waals surface area contributed by atoms with Crippen LogP contribution in [0, 0.1) is 12.7 Å². The highest BCUT2D eigenvalue weighted by Crippen LogP contribution is 2.14. The van der Waals surface area contributed by atoms with Gasteiger partial charge in [0.2, 0.25) is 0 Å². The molecular formula is C21H28FIN4O3S. The number of nitrogens with zero attached hydrogens (tertiary/aromatic N) is 1. The largest absolute Gasteiger partial charge is 0.355 e. The number of rotatable bonds is 8. The number of amides is 1. The Kier molecular flexibility index (Phi) is 10.9. The topological polar surface area (TPSA) is 99.7 Å². The number of nitrogens with one attached hydrogen (secondary N) is 3. The van der Waals surface area contributed by atoms with Crippen molar-refractivity contribution in [3.05, 3.63) is 70.5 Å². The molecule has 2 aromatic carbocycles. The highest BCUT2D eigenvalue weighted by molar-refractivity contribution is 14.0. The molecule has 2 rings (SSSR count). The Hall–Kier alpha value is -2.21. The van der Waals surface area contributed by atoms with E-state index in [0.717, 1.165) is 11.8 Å². The molecular weight excluding hydrogens is 534 g/mol. The fraction of sp³-hybridized carbons (Fsp3) is 0.333. The summed E-state index contributed by atoms with van der Waals surface area (Å²) in [6.45, 7) is 2.94. The first-order valence-corrected chi connectivity index (χ1v) is 11.5. The third-order valence-corrected chi connectivity index (χ3v) is 5.07. The zero-order valence-corrected chi connectivity index (χ0v) is 20.9. The average molecular weight is 562 g/mol. The summed E-state index contributed by atoms with van der Waals surface area (Å²) in [5.41, 5.74) is 2.68. The predicted octanol–water partition coefficient (Wildman–Crippen LogP) is 2.39. The van der Waals surface area contributed by atoms with E-state index in [2.05, 4.69) is 20.9 Å². The number of halogens is 2. The summed E-state index contributed by atoms with van der Waals surface area (Å²) >= 11 is 0. The van der Waals surface area contributed by atoms with Crippen LogP contribution >= 0.6 is 24.0 Å². The molecule has 0 atom stereocenters. The number of carbonyl (C=O) groups is 1. The third kappa shape index (κ3) is 9.64. The molecule has 170 valence electrons. The minimum Gasteiger partial charge on any atom is -0.355 e. The zero-order chi connectivity index (χ0) is 22.1. The Morgan fingerprint density at radius 1 is 1.03 bits per heavy atom. The smallest absolute Gasteiger partial charge is 0.251 e. The molecule has 0 unspecified atom stereocenters. The predicted molar refractivity (Wildman–Crippen MR) is 132 cm³/mol. The van der Waals surface area contributed by atoms with E-state index in [1.54, 1.807) is 13.1 Å². The van der Waals surface area contributed by atoms with E-state index in [1.165, 1.54) is 18.2 Å². The summed E-state index contributed by atoms with van der Waals surface area (Å²) in [6, 6.07) is 11.4. The van der Waals surface area contributed by atoms with Crippen LogP contribution < -0.4 is 16.0 Å². The Balaban J connectivity index is 0.00000480. The number of hydrogen-bond acceptors (Lipinski definition) is 4. The summed E-state index contributed by atoms with van der Waals surface area (Å²) < 4.78 is 36.8. The van der Waals surface area contributed by atoms with E-state index in [9.17, 15) is 17.6 Å². The maximum atomic E-state index is 13.6. The van der Waals surface area contributed by atoms with Gasteiger partial charge in [-0.2, -0.15) is 0 Å². The normalized spacial score (nSPS) is 11.4. The Morgan fingerprint density at radius 2 is 1.74 bits per heavy atom. The molecule has 2 aromatic rings. The second-order valence-electron chi connectivity index (χ2n) is 6.96. The Labute approximate surface area is 199 Å². The van der Waals surface area contributed by atoms with Gasteiger partial charge in [0, 0.05) is 38.5 Å². The lowest BCUT2D eigenvalue weighted by Gasteiger charge is -2.14. The molecule has 0 aliphatic rings. The fourth-order valence-corrected chi connectivity index (χ4v) is 3.67. The molecule has 31 heavy (non-hydrogen) atoms. The lowest BCUT2D eigenvalue weighted by molar-refractivity contribution is 0.0954. The summed E-state index contributed by atoms with van der Waals surface area (Å²) in [6.07, 6.45) is 1.14. The molecule has 0 heterocycles. The van der Waals surface area contributed by atoms with Gasteiger partial charge >= 0.3 is 0 Å². The van der Waals surface area contributed by atoms with Crippen LogP contribution in [0.25, 0.3) is 0 Å². The van der Waals surface area contributed by atoms with Gasteiger partial charge in [-0.25, -0.2) is 12.8 Å². The maximum absolute atomic E-state index is 13.6. The van der Waals surface area contributed by atoms with Crippen LogP contribution in [0.5, 0.6) is 0 Å².